The van der Waals surface area contributed by atoms with Crippen molar-refractivity contribution in [2.24, 2.45) is 0 Å². The zero-order chi connectivity index (χ0) is 12.7. The first-order valence-corrected chi connectivity index (χ1v) is 6.00. The monoisotopic (exact) mass is 241 g/mol. The van der Waals surface area contributed by atoms with Gasteiger partial charge in [0.25, 0.3) is 0 Å². The highest BCUT2D eigenvalue weighted by atomic mass is 16.3. The van der Waals surface area contributed by atoms with Gasteiger partial charge in [-0.3, -0.25) is 4.68 Å². The fraction of sp³-hybridized carbons (Fsp3) is 0.818. The Labute approximate surface area is 103 Å². The van der Waals surface area contributed by atoms with Crippen LogP contribution in [0.15, 0.2) is 6.20 Å². The molecule has 1 aromatic rings. The van der Waals surface area contributed by atoms with Crippen LogP contribution in [0.5, 0.6) is 0 Å². The van der Waals surface area contributed by atoms with Crippen molar-refractivity contribution in [2.75, 3.05) is 27.2 Å². The van der Waals surface area contributed by atoms with Crippen molar-refractivity contribution in [2.45, 2.75) is 32.5 Å². The van der Waals surface area contributed by atoms with Crippen LogP contribution in [0.3, 0.4) is 0 Å². The van der Waals surface area contributed by atoms with E-state index in [0.717, 1.165) is 25.3 Å². The minimum Gasteiger partial charge on any atom is -0.396 e. The van der Waals surface area contributed by atoms with Gasteiger partial charge in [-0.2, -0.15) is 0 Å². The molecule has 1 rings (SSSR count). The van der Waals surface area contributed by atoms with Crippen LogP contribution < -0.4 is 5.32 Å². The normalized spacial score (nSPS) is 13.2. The molecule has 1 aromatic heterocycles. The van der Waals surface area contributed by atoms with Gasteiger partial charge in [0.15, 0.2) is 0 Å². The maximum Gasteiger partial charge on any atom is 0.0964 e. The Balaban J connectivity index is 2.25. The predicted octanol–water partition coefficient (Wildman–Crippen LogP) is -0.300. The molecule has 0 saturated heterocycles. The van der Waals surface area contributed by atoms with E-state index in [1.54, 1.807) is 4.68 Å². The van der Waals surface area contributed by atoms with E-state index in [1.807, 2.05) is 6.20 Å². The van der Waals surface area contributed by atoms with E-state index in [2.05, 4.69) is 41.5 Å². The highest BCUT2D eigenvalue weighted by molar-refractivity contribution is 4.91. The number of aromatic nitrogens is 3. The zero-order valence-electron chi connectivity index (χ0n) is 10.9. The summed E-state index contributed by atoms with van der Waals surface area (Å²) in [6.07, 6.45) is 2.64. The lowest BCUT2D eigenvalue weighted by molar-refractivity contribution is 0.276. The lowest BCUT2D eigenvalue weighted by Gasteiger charge is -2.19. The Morgan fingerprint density at radius 3 is 2.94 bits per heavy atom. The van der Waals surface area contributed by atoms with Crippen LogP contribution in [-0.4, -0.2) is 58.3 Å². The Kier molecular flexibility index (Phi) is 6.10. The van der Waals surface area contributed by atoms with Gasteiger partial charge in [0.1, 0.15) is 0 Å². The molecule has 0 spiro atoms. The first-order valence-electron chi connectivity index (χ1n) is 6.00. The third-order valence-electron chi connectivity index (χ3n) is 2.76. The summed E-state index contributed by atoms with van der Waals surface area (Å²) in [5.41, 5.74) is 0.939. The molecule has 0 radical (unpaired) electrons. The summed E-state index contributed by atoms with van der Waals surface area (Å²) in [6.45, 7) is 4.74. The number of aliphatic hydroxyl groups excluding tert-OH is 1. The number of likely N-dealkylation sites (N-methyl/N-ethyl adjacent to an activating group) is 1. The van der Waals surface area contributed by atoms with Crippen molar-refractivity contribution in [3.63, 3.8) is 0 Å². The van der Waals surface area contributed by atoms with Crippen LogP contribution in [0.2, 0.25) is 0 Å². The summed E-state index contributed by atoms with van der Waals surface area (Å²) in [6, 6.07) is 0.499. The minimum atomic E-state index is 0.188. The number of nitrogens with one attached hydrogen (secondary N) is 1. The van der Waals surface area contributed by atoms with E-state index in [4.69, 9.17) is 5.11 Å². The highest BCUT2D eigenvalue weighted by Gasteiger charge is 2.04. The van der Waals surface area contributed by atoms with Gasteiger partial charge in [-0.15, -0.1) is 5.10 Å². The van der Waals surface area contributed by atoms with Crippen LogP contribution in [0.4, 0.5) is 0 Å². The van der Waals surface area contributed by atoms with Gasteiger partial charge < -0.3 is 15.3 Å². The minimum absolute atomic E-state index is 0.188. The second-order valence-electron chi connectivity index (χ2n) is 4.49. The maximum absolute atomic E-state index is 8.71. The van der Waals surface area contributed by atoms with Gasteiger partial charge in [-0.05, 0) is 27.4 Å². The molecule has 6 nitrogen and oxygen atoms in total. The lowest BCUT2D eigenvalue weighted by atomic mass is 10.3. The van der Waals surface area contributed by atoms with E-state index >= 15 is 0 Å². The van der Waals surface area contributed by atoms with Crippen LogP contribution in [0.25, 0.3) is 0 Å². The van der Waals surface area contributed by atoms with Gasteiger partial charge in [0.2, 0.25) is 0 Å². The molecule has 0 aliphatic carbocycles. The number of aryl methyl sites for hydroxylation is 1. The van der Waals surface area contributed by atoms with Crippen molar-refractivity contribution in [1.82, 2.24) is 25.2 Å². The molecule has 1 heterocycles. The molecule has 98 valence electrons. The van der Waals surface area contributed by atoms with E-state index in [1.165, 1.54) is 0 Å². The fourth-order valence-corrected chi connectivity index (χ4v) is 1.35. The van der Waals surface area contributed by atoms with Crippen LogP contribution in [-0.2, 0) is 13.1 Å². The van der Waals surface area contributed by atoms with Gasteiger partial charge in [-0.1, -0.05) is 5.21 Å². The van der Waals surface area contributed by atoms with Crippen molar-refractivity contribution in [3.8, 4) is 0 Å². The molecule has 0 aromatic carbocycles. The topological polar surface area (TPSA) is 66.2 Å². The van der Waals surface area contributed by atoms with E-state index in [9.17, 15) is 0 Å². The molecule has 17 heavy (non-hydrogen) atoms. The van der Waals surface area contributed by atoms with Gasteiger partial charge in [-0.25, -0.2) is 0 Å². The van der Waals surface area contributed by atoms with Crippen molar-refractivity contribution < 1.29 is 5.11 Å². The molecule has 0 aliphatic heterocycles. The van der Waals surface area contributed by atoms with E-state index in [0.29, 0.717) is 12.5 Å². The summed E-state index contributed by atoms with van der Waals surface area (Å²) >= 11 is 0. The second-order valence-corrected chi connectivity index (χ2v) is 4.49. The summed E-state index contributed by atoms with van der Waals surface area (Å²) in [5.74, 6) is 0. The van der Waals surface area contributed by atoms with E-state index in [-0.39, 0.29) is 6.61 Å². The van der Waals surface area contributed by atoms with Crippen LogP contribution >= 0.6 is 0 Å². The molecular weight excluding hydrogens is 218 g/mol. The standard InChI is InChI=1S/C11H23N5O/c1-10(15(2)3)7-12-8-11-9-16(14-13-11)5-4-6-17/h9-10,12,17H,4-8H2,1-3H3. The average Bonchev–Trinajstić information content (AvgIpc) is 2.74. The summed E-state index contributed by atoms with van der Waals surface area (Å²) in [4.78, 5) is 2.17. The smallest absolute Gasteiger partial charge is 0.0964 e. The maximum atomic E-state index is 8.71. The highest BCUT2D eigenvalue weighted by Crippen LogP contribution is 1.95. The summed E-state index contributed by atoms with van der Waals surface area (Å²) < 4.78 is 1.77. The molecule has 0 saturated carbocycles. The number of aliphatic hydroxyl groups is 1. The molecule has 1 atom stereocenters. The summed E-state index contributed by atoms with van der Waals surface area (Å²) in [5, 5.41) is 20.1. The lowest BCUT2D eigenvalue weighted by Crippen LogP contribution is -2.35. The summed E-state index contributed by atoms with van der Waals surface area (Å²) in [7, 11) is 4.13. The van der Waals surface area contributed by atoms with E-state index < -0.39 is 0 Å². The quantitative estimate of drug-likeness (QED) is 0.654. The fourth-order valence-electron chi connectivity index (χ4n) is 1.35. The largest absolute Gasteiger partial charge is 0.396 e. The zero-order valence-corrected chi connectivity index (χ0v) is 10.9. The van der Waals surface area contributed by atoms with Gasteiger partial charge in [0.05, 0.1) is 5.69 Å². The molecule has 2 N–H and O–H groups in total. The number of hydrogen-bond acceptors (Lipinski definition) is 5. The molecule has 0 bridgehead atoms. The molecular formula is C11H23N5O. The van der Waals surface area contributed by atoms with Crippen molar-refractivity contribution >= 4 is 0 Å². The first kappa shape index (κ1) is 14.1. The van der Waals surface area contributed by atoms with Gasteiger partial charge in [0, 0.05) is 38.5 Å². The van der Waals surface area contributed by atoms with Crippen molar-refractivity contribution in [1.29, 1.82) is 0 Å². The van der Waals surface area contributed by atoms with Crippen molar-refractivity contribution in [3.05, 3.63) is 11.9 Å². The van der Waals surface area contributed by atoms with Gasteiger partial charge >= 0.3 is 0 Å². The third-order valence-corrected chi connectivity index (χ3v) is 2.76. The Bertz CT molecular complexity index is 313. The average molecular weight is 241 g/mol. The predicted molar refractivity (Wildman–Crippen MR) is 66.6 cm³/mol. The molecule has 0 amide bonds. The van der Waals surface area contributed by atoms with Crippen LogP contribution in [0.1, 0.15) is 19.0 Å². The number of nitrogens with zero attached hydrogens (tertiary/aromatic N) is 4. The van der Waals surface area contributed by atoms with Crippen LogP contribution in [0, 0.1) is 0 Å². The first-order chi connectivity index (χ1) is 8.13. The Morgan fingerprint density at radius 1 is 1.53 bits per heavy atom. The number of rotatable bonds is 8. The third kappa shape index (κ3) is 5.25. The Morgan fingerprint density at radius 2 is 2.29 bits per heavy atom. The Hall–Kier alpha value is -0.980. The molecule has 6 heteroatoms. The molecule has 1 unspecified atom stereocenters. The number of hydrogen-bond donors (Lipinski definition) is 2. The SMILES string of the molecule is CC(CNCc1cn(CCCO)nn1)N(C)C. The molecule has 0 aliphatic rings. The molecule has 0 fully saturated rings. The second kappa shape index (κ2) is 7.37.